The molecule has 0 radical (unpaired) electrons. The molecule has 3 nitrogen and oxygen atoms in total. The predicted molar refractivity (Wildman–Crippen MR) is 58.2 cm³/mol. The third-order valence-corrected chi connectivity index (χ3v) is 2.90. The van der Waals surface area contributed by atoms with Crippen LogP contribution in [-0.2, 0) is 15.7 Å². The zero-order valence-electron chi connectivity index (χ0n) is 9.05. The quantitative estimate of drug-likeness (QED) is 0.858. The van der Waals surface area contributed by atoms with Crippen molar-refractivity contribution in [3.8, 4) is 0 Å². The molecule has 1 heterocycles. The van der Waals surface area contributed by atoms with Gasteiger partial charge in [0, 0.05) is 17.1 Å². The van der Waals surface area contributed by atoms with Crippen LogP contribution in [0, 0.1) is 0 Å². The first-order valence-corrected chi connectivity index (χ1v) is 5.50. The average molecular weight is 280 g/mol. The summed E-state index contributed by atoms with van der Waals surface area (Å²) in [6.45, 7) is 0.0753. The highest BCUT2D eigenvalue weighted by Gasteiger charge is 2.32. The summed E-state index contributed by atoms with van der Waals surface area (Å²) in [5, 5.41) is 2.54. The second-order valence-corrected chi connectivity index (χ2v) is 4.24. The fourth-order valence-electron chi connectivity index (χ4n) is 1.66. The predicted octanol–water partition coefficient (Wildman–Crippen LogP) is 2.55. The number of ether oxygens (including phenoxy) is 1. The summed E-state index contributed by atoms with van der Waals surface area (Å²) in [6.07, 6.45) is -4.94. The van der Waals surface area contributed by atoms with Gasteiger partial charge in [-0.25, -0.2) is 0 Å². The van der Waals surface area contributed by atoms with Crippen LogP contribution in [0.5, 0.6) is 0 Å². The standard InChI is InChI=1S/C11H9ClF3NO2/c12-8-3-6(11(13,14)15)1-2-7(8)9-4-16-10(17)5-18-9/h1-3,9H,4-5H2,(H,16,17). The number of rotatable bonds is 1. The number of hydrogen-bond donors (Lipinski definition) is 1. The summed E-state index contributed by atoms with van der Waals surface area (Å²) in [5.41, 5.74) is -0.374. The Kier molecular flexibility index (Phi) is 3.49. The third-order valence-electron chi connectivity index (χ3n) is 2.57. The molecule has 1 saturated heterocycles. The van der Waals surface area contributed by atoms with Crippen molar-refractivity contribution in [2.45, 2.75) is 12.3 Å². The number of hydrogen-bond acceptors (Lipinski definition) is 2. The maximum atomic E-state index is 12.4. The van der Waals surface area contributed by atoms with Crippen LogP contribution in [0.15, 0.2) is 18.2 Å². The molecule has 1 aromatic rings. The summed E-state index contributed by atoms with van der Waals surface area (Å²) >= 11 is 5.81. The Morgan fingerprint density at radius 2 is 2.11 bits per heavy atom. The van der Waals surface area contributed by atoms with Gasteiger partial charge in [-0.3, -0.25) is 4.79 Å². The second kappa shape index (κ2) is 4.78. The largest absolute Gasteiger partial charge is 0.416 e. The molecule has 1 atom stereocenters. The smallest absolute Gasteiger partial charge is 0.362 e. The molecule has 7 heteroatoms. The first-order valence-electron chi connectivity index (χ1n) is 5.13. The Morgan fingerprint density at radius 3 is 2.61 bits per heavy atom. The van der Waals surface area contributed by atoms with E-state index in [4.69, 9.17) is 16.3 Å². The van der Waals surface area contributed by atoms with Gasteiger partial charge in [0.25, 0.3) is 0 Å². The van der Waals surface area contributed by atoms with E-state index in [0.29, 0.717) is 5.56 Å². The Bertz CT molecular complexity index is 466. The van der Waals surface area contributed by atoms with Crippen molar-refractivity contribution in [1.82, 2.24) is 5.32 Å². The van der Waals surface area contributed by atoms with Crippen LogP contribution in [-0.4, -0.2) is 19.1 Å². The molecule has 0 spiro atoms. The number of carbonyl (C=O) groups excluding carboxylic acids is 1. The molecule has 1 amide bonds. The molecular weight excluding hydrogens is 271 g/mol. The highest BCUT2D eigenvalue weighted by Crippen LogP contribution is 2.34. The minimum atomic E-state index is -4.43. The third kappa shape index (κ3) is 2.76. The van der Waals surface area contributed by atoms with Crippen LogP contribution in [0.25, 0.3) is 0 Å². The number of morpholine rings is 1. The van der Waals surface area contributed by atoms with Gasteiger partial charge < -0.3 is 10.1 Å². The van der Waals surface area contributed by atoms with E-state index >= 15 is 0 Å². The Labute approximate surface area is 106 Å². The van der Waals surface area contributed by atoms with Gasteiger partial charge in [0.05, 0.1) is 5.56 Å². The SMILES string of the molecule is O=C1COC(c2ccc(C(F)(F)F)cc2Cl)CN1. The van der Waals surface area contributed by atoms with Crippen LogP contribution < -0.4 is 5.32 Å². The van der Waals surface area contributed by atoms with E-state index in [2.05, 4.69) is 5.32 Å². The highest BCUT2D eigenvalue weighted by atomic mass is 35.5. The molecule has 0 bridgehead atoms. The maximum Gasteiger partial charge on any atom is 0.416 e. The average Bonchev–Trinajstić information content (AvgIpc) is 2.29. The van der Waals surface area contributed by atoms with Crippen molar-refractivity contribution in [3.63, 3.8) is 0 Å². The molecular formula is C11H9ClF3NO2. The number of amides is 1. The van der Waals surface area contributed by atoms with E-state index in [9.17, 15) is 18.0 Å². The molecule has 0 saturated carbocycles. The summed E-state index contributed by atoms with van der Waals surface area (Å²) in [7, 11) is 0. The van der Waals surface area contributed by atoms with Crippen molar-refractivity contribution in [2.24, 2.45) is 0 Å². The van der Waals surface area contributed by atoms with Crippen molar-refractivity contribution < 1.29 is 22.7 Å². The van der Waals surface area contributed by atoms with Gasteiger partial charge in [0.15, 0.2) is 0 Å². The van der Waals surface area contributed by atoms with Crippen molar-refractivity contribution in [3.05, 3.63) is 34.3 Å². The zero-order valence-corrected chi connectivity index (χ0v) is 9.81. The van der Waals surface area contributed by atoms with E-state index in [1.807, 2.05) is 0 Å². The molecule has 1 N–H and O–H groups in total. The van der Waals surface area contributed by atoms with Gasteiger partial charge in [0.1, 0.15) is 12.7 Å². The normalized spacial score (nSPS) is 20.7. The van der Waals surface area contributed by atoms with E-state index in [-0.39, 0.29) is 24.1 Å². The first kappa shape index (κ1) is 13.2. The number of alkyl halides is 3. The minimum absolute atomic E-state index is 0.0222. The Balaban J connectivity index is 2.22. The van der Waals surface area contributed by atoms with Gasteiger partial charge in [-0.2, -0.15) is 13.2 Å². The lowest BCUT2D eigenvalue weighted by molar-refractivity contribution is -0.137. The van der Waals surface area contributed by atoms with E-state index in [0.717, 1.165) is 12.1 Å². The van der Waals surface area contributed by atoms with E-state index in [1.165, 1.54) is 6.07 Å². The van der Waals surface area contributed by atoms with Gasteiger partial charge in [-0.05, 0) is 12.1 Å². The van der Waals surface area contributed by atoms with E-state index < -0.39 is 17.8 Å². The lowest BCUT2D eigenvalue weighted by Crippen LogP contribution is -2.38. The molecule has 98 valence electrons. The molecule has 1 aliphatic heterocycles. The number of nitrogens with one attached hydrogen (secondary N) is 1. The van der Waals surface area contributed by atoms with Gasteiger partial charge in [-0.1, -0.05) is 17.7 Å². The molecule has 2 rings (SSSR count). The lowest BCUT2D eigenvalue weighted by Gasteiger charge is -2.24. The van der Waals surface area contributed by atoms with Crippen molar-refractivity contribution >= 4 is 17.5 Å². The summed E-state index contributed by atoms with van der Waals surface area (Å²) in [4.78, 5) is 10.9. The summed E-state index contributed by atoms with van der Waals surface area (Å²) in [6, 6.07) is 3.07. The van der Waals surface area contributed by atoms with Crippen LogP contribution in [0.3, 0.4) is 0 Å². The molecule has 1 aromatic carbocycles. The van der Waals surface area contributed by atoms with Gasteiger partial charge in [-0.15, -0.1) is 0 Å². The fraction of sp³-hybridized carbons (Fsp3) is 0.364. The maximum absolute atomic E-state index is 12.4. The highest BCUT2D eigenvalue weighted by molar-refractivity contribution is 6.31. The number of carbonyl (C=O) groups is 1. The fourth-order valence-corrected chi connectivity index (χ4v) is 1.96. The number of halogens is 4. The van der Waals surface area contributed by atoms with Crippen LogP contribution >= 0.6 is 11.6 Å². The first-order chi connectivity index (χ1) is 8.38. The Hall–Kier alpha value is -1.27. The van der Waals surface area contributed by atoms with Crippen molar-refractivity contribution in [2.75, 3.05) is 13.2 Å². The lowest BCUT2D eigenvalue weighted by atomic mass is 10.1. The zero-order chi connectivity index (χ0) is 13.3. The monoisotopic (exact) mass is 279 g/mol. The summed E-state index contributed by atoms with van der Waals surface area (Å²) < 4.78 is 42.5. The van der Waals surface area contributed by atoms with Gasteiger partial charge in [0.2, 0.25) is 5.91 Å². The van der Waals surface area contributed by atoms with Gasteiger partial charge >= 0.3 is 6.18 Å². The molecule has 0 aliphatic carbocycles. The van der Waals surface area contributed by atoms with Crippen LogP contribution in [0.4, 0.5) is 13.2 Å². The molecule has 18 heavy (non-hydrogen) atoms. The Morgan fingerprint density at radius 1 is 1.39 bits per heavy atom. The van der Waals surface area contributed by atoms with E-state index in [1.54, 1.807) is 0 Å². The second-order valence-electron chi connectivity index (χ2n) is 3.84. The molecule has 1 unspecified atom stereocenters. The minimum Gasteiger partial charge on any atom is -0.362 e. The number of benzene rings is 1. The topological polar surface area (TPSA) is 38.3 Å². The van der Waals surface area contributed by atoms with Crippen LogP contribution in [0.2, 0.25) is 5.02 Å². The summed E-state index contributed by atoms with van der Waals surface area (Å²) in [5.74, 6) is -0.255. The molecule has 1 fully saturated rings. The van der Waals surface area contributed by atoms with Crippen molar-refractivity contribution in [1.29, 1.82) is 0 Å². The van der Waals surface area contributed by atoms with Crippen LogP contribution in [0.1, 0.15) is 17.2 Å². The molecule has 1 aliphatic rings. The molecule has 0 aromatic heterocycles.